The van der Waals surface area contributed by atoms with E-state index in [4.69, 9.17) is 4.74 Å². The summed E-state index contributed by atoms with van der Waals surface area (Å²) in [5.41, 5.74) is 6.19. The zero-order chi connectivity index (χ0) is 18.3. The second-order valence-electron chi connectivity index (χ2n) is 7.03. The van der Waals surface area contributed by atoms with Crippen LogP contribution in [-0.4, -0.2) is 20.2 Å². The van der Waals surface area contributed by atoms with Gasteiger partial charge in [0.1, 0.15) is 12.4 Å². The number of hydrogen-bond donors (Lipinski definition) is 1. The zero-order valence-electron chi connectivity index (χ0n) is 15.2. The molecule has 1 aromatic heterocycles. The van der Waals surface area contributed by atoms with Crippen molar-refractivity contribution in [2.75, 3.05) is 0 Å². The predicted octanol–water partition coefficient (Wildman–Crippen LogP) is 3.34. The largest absolute Gasteiger partial charge is 0.489 e. The third-order valence-corrected chi connectivity index (χ3v) is 5.07. The van der Waals surface area contributed by atoms with E-state index >= 15 is 0 Å². The Morgan fingerprint density at radius 2 is 1.92 bits per heavy atom. The second-order valence-corrected chi connectivity index (χ2v) is 7.03. The number of H-pyrrole nitrogens is 1. The minimum atomic E-state index is -0.346. The Hall–Kier alpha value is -2.89. The van der Waals surface area contributed by atoms with Crippen molar-refractivity contribution in [1.29, 1.82) is 0 Å². The molecule has 6 nitrogen and oxygen atoms in total. The average molecular weight is 350 g/mol. The number of ether oxygens (including phenoxy) is 1. The van der Waals surface area contributed by atoms with E-state index < -0.39 is 0 Å². The molecule has 1 aliphatic rings. The molecule has 0 saturated heterocycles. The standard InChI is InChI=1S/C20H22N4O2/c1-12-9-14(3)19(10-13(12)2)26-11-17-16(15-7-8-15)5-4-6-18(17)24-20(25)21-22-23-24/h4-6,9-10,15H,7-8,11H2,1-3H3,(H,21,23,25). The monoisotopic (exact) mass is 350 g/mol. The lowest BCUT2D eigenvalue weighted by Gasteiger charge is -2.16. The molecule has 0 bridgehead atoms. The fourth-order valence-corrected chi connectivity index (χ4v) is 3.32. The third-order valence-electron chi connectivity index (χ3n) is 5.07. The zero-order valence-corrected chi connectivity index (χ0v) is 15.2. The minimum absolute atomic E-state index is 0.346. The number of aromatic amines is 1. The Morgan fingerprint density at radius 3 is 2.62 bits per heavy atom. The van der Waals surface area contributed by atoms with Crippen LogP contribution < -0.4 is 10.4 Å². The Kier molecular flexibility index (Phi) is 4.11. The second kappa shape index (κ2) is 6.44. The van der Waals surface area contributed by atoms with Crippen molar-refractivity contribution in [2.45, 2.75) is 46.1 Å². The molecule has 6 heteroatoms. The van der Waals surface area contributed by atoms with Gasteiger partial charge in [0, 0.05) is 5.56 Å². The maximum absolute atomic E-state index is 12.0. The Balaban J connectivity index is 1.72. The third kappa shape index (κ3) is 3.03. The lowest BCUT2D eigenvalue weighted by atomic mass is 10.0. The molecule has 1 heterocycles. The van der Waals surface area contributed by atoms with Crippen molar-refractivity contribution in [3.63, 3.8) is 0 Å². The van der Waals surface area contributed by atoms with Crippen LogP contribution in [0.1, 0.15) is 46.6 Å². The highest BCUT2D eigenvalue weighted by molar-refractivity contribution is 5.48. The van der Waals surface area contributed by atoms with Crippen molar-refractivity contribution in [3.05, 3.63) is 68.6 Å². The average Bonchev–Trinajstić information content (AvgIpc) is 3.38. The highest BCUT2D eigenvalue weighted by Gasteiger charge is 2.28. The molecule has 1 aliphatic carbocycles. The Bertz CT molecular complexity index is 1010. The summed E-state index contributed by atoms with van der Waals surface area (Å²) in [6.45, 7) is 6.63. The summed E-state index contributed by atoms with van der Waals surface area (Å²) in [4.78, 5) is 12.0. The molecule has 0 amide bonds. The van der Waals surface area contributed by atoms with Gasteiger partial charge in [0.25, 0.3) is 0 Å². The lowest BCUT2D eigenvalue weighted by molar-refractivity contribution is 0.302. The topological polar surface area (TPSA) is 72.8 Å². The molecule has 1 saturated carbocycles. The highest BCUT2D eigenvalue weighted by atomic mass is 16.5. The van der Waals surface area contributed by atoms with E-state index in [2.05, 4.69) is 54.5 Å². The number of rotatable bonds is 5. The lowest BCUT2D eigenvalue weighted by Crippen LogP contribution is -2.19. The maximum atomic E-state index is 12.0. The van der Waals surface area contributed by atoms with Gasteiger partial charge in [-0.2, -0.15) is 4.68 Å². The first-order valence-electron chi connectivity index (χ1n) is 8.88. The van der Waals surface area contributed by atoms with Crippen LogP contribution in [0.2, 0.25) is 0 Å². The van der Waals surface area contributed by atoms with Gasteiger partial charge < -0.3 is 4.74 Å². The van der Waals surface area contributed by atoms with E-state index in [9.17, 15) is 4.79 Å². The molecule has 0 radical (unpaired) electrons. The summed E-state index contributed by atoms with van der Waals surface area (Å²) in [5, 5.41) is 9.89. The number of hydrogen-bond acceptors (Lipinski definition) is 4. The smallest absolute Gasteiger partial charge is 0.365 e. The fraction of sp³-hybridized carbons (Fsp3) is 0.350. The molecule has 2 aromatic carbocycles. The molecule has 0 unspecified atom stereocenters. The van der Waals surface area contributed by atoms with Crippen LogP contribution in [0.5, 0.6) is 5.75 Å². The Labute approximate surface area is 151 Å². The quantitative estimate of drug-likeness (QED) is 0.766. The maximum Gasteiger partial charge on any atom is 0.365 e. The number of aromatic nitrogens is 4. The first-order chi connectivity index (χ1) is 12.5. The summed E-state index contributed by atoms with van der Waals surface area (Å²) in [6.07, 6.45) is 2.35. The molecular weight excluding hydrogens is 328 g/mol. The number of nitrogens with zero attached hydrogens (tertiary/aromatic N) is 3. The van der Waals surface area contributed by atoms with Gasteiger partial charge in [0.2, 0.25) is 0 Å². The molecule has 26 heavy (non-hydrogen) atoms. The van der Waals surface area contributed by atoms with Crippen LogP contribution in [0.3, 0.4) is 0 Å². The van der Waals surface area contributed by atoms with Gasteiger partial charge in [-0.15, -0.1) is 0 Å². The summed E-state index contributed by atoms with van der Waals surface area (Å²) >= 11 is 0. The molecule has 4 rings (SSSR count). The van der Waals surface area contributed by atoms with Crippen molar-refractivity contribution >= 4 is 0 Å². The van der Waals surface area contributed by atoms with Crippen LogP contribution in [0, 0.1) is 20.8 Å². The predicted molar refractivity (Wildman–Crippen MR) is 98.9 cm³/mol. The molecular formula is C20H22N4O2. The SMILES string of the molecule is Cc1cc(C)c(OCc2c(C3CC3)cccc2-n2nn[nH]c2=O)cc1C. The normalized spacial score (nSPS) is 13.8. The van der Waals surface area contributed by atoms with Gasteiger partial charge in [-0.1, -0.05) is 18.2 Å². The van der Waals surface area contributed by atoms with Crippen molar-refractivity contribution in [1.82, 2.24) is 20.2 Å². The van der Waals surface area contributed by atoms with E-state index in [0.29, 0.717) is 12.5 Å². The molecule has 1 fully saturated rings. The van der Waals surface area contributed by atoms with Crippen molar-refractivity contribution < 1.29 is 4.74 Å². The molecule has 0 atom stereocenters. The van der Waals surface area contributed by atoms with E-state index in [1.165, 1.54) is 34.2 Å². The van der Waals surface area contributed by atoms with E-state index in [1.807, 2.05) is 12.1 Å². The summed E-state index contributed by atoms with van der Waals surface area (Å²) in [7, 11) is 0. The van der Waals surface area contributed by atoms with Gasteiger partial charge in [0.15, 0.2) is 0 Å². The van der Waals surface area contributed by atoms with Crippen LogP contribution in [-0.2, 0) is 6.61 Å². The molecule has 134 valence electrons. The highest BCUT2D eigenvalue weighted by Crippen LogP contribution is 2.43. The number of aryl methyl sites for hydroxylation is 3. The van der Waals surface area contributed by atoms with Crippen LogP contribution in [0.4, 0.5) is 0 Å². The number of tetrazole rings is 1. The first kappa shape index (κ1) is 16.6. The fourth-order valence-electron chi connectivity index (χ4n) is 3.32. The van der Waals surface area contributed by atoms with Crippen molar-refractivity contribution in [3.8, 4) is 11.4 Å². The van der Waals surface area contributed by atoms with E-state index in [1.54, 1.807) is 0 Å². The van der Waals surface area contributed by atoms with Gasteiger partial charge in [0.05, 0.1) is 5.69 Å². The summed E-state index contributed by atoms with van der Waals surface area (Å²) in [6, 6.07) is 10.2. The number of nitrogens with one attached hydrogen (secondary N) is 1. The van der Waals surface area contributed by atoms with Gasteiger partial charge >= 0.3 is 5.69 Å². The van der Waals surface area contributed by atoms with Crippen LogP contribution >= 0.6 is 0 Å². The number of benzene rings is 2. The minimum Gasteiger partial charge on any atom is -0.489 e. The van der Waals surface area contributed by atoms with Crippen LogP contribution in [0.15, 0.2) is 35.1 Å². The van der Waals surface area contributed by atoms with E-state index in [-0.39, 0.29) is 5.69 Å². The van der Waals surface area contributed by atoms with Gasteiger partial charge in [-0.25, -0.2) is 9.89 Å². The molecule has 1 N–H and O–H groups in total. The van der Waals surface area contributed by atoms with Crippen LogP contribution in [0.25, 0.3) is 5.69 Å². The molecule has 0 spiro atoms. The molecule has 0 aliphatic heterocycles. The van der Waals surface area contributed by atoms with Gasteiger partial charge in [-0.3, -0.25) is 0 Å². The van der Waals surface area contributed by atoms with E-state index in [0.717, 1.165) is 22.6 Å². The van der Waals surface area contributed by atoms with Crippen molar-refractivity contribution in [2.24, 2.45) is 0 Å². The Morgan fingerprint density at radius 1 is 1.15 bits per heavy atom. The molecule has 3 aromatic rings. The summed E-state index contributed by atoms with van der Waals surface area (Å²) in [5.74, 6) is 1.41. The first-order valence-corrected chi connectivity index (χ1v) is 8.88. The summed E-state index contributed by atoms with van der Waals surface area (Å²) < 4.78 is 7.49. The van der Waals surface area contributed by atoms with Gasteiger partial charge in [-0.05, 0) is 84.3 Å².